The number of halogens is 1. The largest absolute Gasteiger partial charge is 0.483 e. The number of carbonyl (C=O) groups is 1. The minimum Gasteiger partial charge on any atom is -0.483 e. The molecule has 0 unspecified atom stereocenters. The van der Waals surface area contributed by atoms with Gasteiger partial charge in [-0.2, -0.15) is 5.10 Å². The molecule has 0 saturated carbocycles. The summed E-state index contributed by atoms with van der Waals surface area (Å²) in [6.07, 6.45) is 1.70. The van der Waals surface area contributed by atoms with Crippen molar-refractivity contribution in [1.82, 2.24) is 24.5 Å². The molecule has 0 aliphatic rings. The lowest BCUT2D eigenvalue weighted by Crippen LogP contribution is -2.16. The van der Waals surface area contributed by atoms with Crippen molar-refractivity contribution in [2.45, 2.75) is 32.2 Å². The van der Waals surface area contributed by atoms with E-state index in [0.717, 1.165) is 17.1 Å². The van der Waals surface area contributed by atoms with Crippen molar-refractivity contribution in [2.24, 2.45) is 0 Å². The smallest absolute Gasteiger partial charge is 0.234 e. The number of hydrogen-bond donors (Lipinski definition) is 1. The van der Waals surface area contributed by atoms with Crippen molar-refractivity contribution in [3.63, 3.8) is 0 Å². The van der Waals surface area contributed by atoms with Gasteiger partial charge in [0.15, 0.2) is 22.5 Å². The van der Waals surface area contributed by atoms with Gasteiger partial charge >= 0.3 is 0 Å². The highest BCUT2D eigenvalue weighted by atomic mass is 32.2. The first kappa shape index (κ1) is 24.2. The molecule has 0 fully saturated rings. The van der Waals surface area contributed by atoms with Crippen LogP contribution in [0.4, 0.5) is 10.1 Å². The lowest BCUT2D eigenvalue weighted by molar-refractivity contribution is -0.113. The Balaban J connectivity index is 1.41. The molecule has 0 radical (unpaired) electrons. The first-order valence-corrected chi connectivity index (χ1v) is 11.9. The number of carbonyl (C=O) groups excluding carboxylic acids is 1. The van der Waals surface area contributed by atoms with Crippen LogP contribution in [0.1, 0.15) is 17.2 Å². The number of aromatic nitrogens is 5. The molecule has 0 atom stereocenters. The molecular weight excluding hydrogens is 467 g/mol. The van der Waals surface area contributed by atoms with E-state index >= 15 is 0 Å². The summed E-state index contributed by atoms with van der Waals surface area (Å²) in [4.78, 5) is 12.7. The summed E-state index contributed by atoms with van der Waals surface area (Å²) in [6, 6.07) is 15.9. The molecule has 0 saturated heterocycles. The monoisotopic (exact) mass is 492 g/mol. The Morgan fingerprint density at radius 3 is 2.63 bits per heavy atom. The Morgan fingerprint density at radius 1 is 1.14 bits per heavy atom. The molecule has 8 nitrogen and oxygen atoms in total. The Morgan fingerprint density at radius 2 is 1.89 bits per heavy atom. The molecule has 1 amide bonds. The fraction of sp³-hybridized carbons (Fsp3) is 0.200. The molecule has 4 rings (SSSR count). The summed E-state index contributed by atoms with van der Waals surface area (Å²) in [5.41, 5.74) is 3.18. The highest BCUT2D eigenvalue weighted by Gasteiger charge is 2.18. The molecule has 4 aromatic rings. The van der Waals surface area contributed by atoms with Gasteiger partial charge in [0.1, 0.15) is 6.61 Å². The molecule has 0 spiro atoms. The van der Waals surface area contributed by atoms with E-state index in [1.54, 1.807) is 33.5 Å². The predicted molar refractivity (Wildman–Crippen MR) is 133 cm³/mol. The van der Waals surface area contributed by atoms with Gasteiger partial charge in [0.05, 0.1) is 28.5 Å². The van der Waals surface area contributed by atoms with E-state index in [1.807, 2.05) is 44.2 Å². The van der Waals surface area contributed by atoms with Gasteiger partial charge in [0.2, 0.25) is 5.91 Å². The second-order valence-electron chi connectivity index (χ2n) is 7.65. The standard InChI is InChI=1S/C25H25FN6O2S/c1-4-14-31-22(15-34-21-13-9-8-12-20(21)26)28-29-25(31)35-16-23(33)27-24-17(2)30-32(18(24)3)19-10-6-5-7-11-19/h4-13H,1,14-16H2,2-3H3,(H,27,33). The second-order valence-corrected chi connectivity index (χ2v) is 8.59. The van der Waals surface area contributed by atoms with Crippen LogP contribution >= 0.6 is 11.8 Å². The molecule has 1 N–H and O–H groups in total. The number of nitrogens with zero attached hydrogens (tertiary/aromatic N) is 5. The third-order valence-electron chi connectivity index (χ3n) is 5.19. The molecular formula is C25H25FN6O2S. The maximum Gasteiger partial charge on any atom is 0.234 e. The van der Waals surface area contributed by atoms with Gasteiger partial charge < -0.3 is 10.1 Å². The zero-order valence-corrected chi connectivity index (χ0v) is 20.3. The number of rotatable bonds is 10. The van der Waals surface area contributed by atoms with E-state index in [0.29, 0.717) is 23.2 Å². The SMILES string of the molecule is C=CCn1c(COc2ccccc2F)nnc1SCC(=O)Nc1c(C)nn(-c2ccccc2)c1C. The third-order valence-corrected chi connectivity index (χ3v) is 6.15. The number of ether oxygens (including phenoxy) is 1. The molecule has 2 heterocycles. The normalized spacial score (nSPS) is 10.8. The molecule has 0 aliphatic carbocycles. The average Bonchev–Trinajstić information content (AvgIpc) is 3.38. The molecule has 0 bridgehead atoms. The number of benzene rings is 2. The van der Waals surface area contributed by atoms with E-state index in [4.69, 9.17) is 4.74 Å². The topological polar surface area (TPSA) is 86.9 Å². The van der Waals surface area contributed by atoms with Gasteiger partial charge in [-0.3, -0.25) is 9.36 Å². The molecule has 0 aliphatic heterocycles. The summed E-state index contributed by atoms with van der Waals surface area (Å²) in [6.45, 7) is 8.01. The van der Waals surface area contributed by atoms with Crippen molar-refractivity contribution < 1.29 is 13.9 Å². The number of anilines is 1. The number of amides is 1. The lowest BCUT2D eigenvalue weighted by atomic mass is 10.3. The quantitative estimate of drug-likeness (QED) is 0.255. The van der Waals surface area contributed by atoms with Crippen molar-refractivity contribution in [1.29, 1.82) is 0 Å². The number of allylic oxidation sites excluding steroid dienone is 1. The van der Waals surface area contributed by atoms with E-state index in [-0.39, 0.29) is 24.0 Å². The molecule has 35 heavy (non-hydrogen) atoms. The Kier molecular flexibility index (Phi) is 7.61. The maximum atomic E-state index is 13.9. The van der Waals surface area contributed by atoms with Crippen LogP contribution in [0.15, 0.2) is 72.4 Å². The van der Waals surface area contributed by atoms with Gasteiger partial charge in [-0.25, -0.2) is 9.07 Å². The Hall–Kier alpha value is -3.92. The van der Waals surface area contributed by atoms with Crippen LogP contribution in [0, 0.1) is 19.7 Å². The predicted octanol–water partition coefficient (Wildman–Crippen LogP) is 4.72. The van der Waals surface area contributed by atoms with Crippen molar-refractivity contribution in [3.05, 3.63) is 90.3 Å². The number of nitrogens with one attached hydrogen (secondary N) is 1. The van der Waals surface area contributed by atoms with Crippen LogP contribution in [0.2, 0.25) is 0 Å². The van der Waals surface area contributed by atoms with Crippen LogP contribution in [0.3, 0.4) is 0 Å². The second kappa shape index (κ2) is 11.0. The first-order chi connectivity index (χ1) is 17.0. The maximum absolute atomic E-state index is 13.9. The zero-order chi connectivity index (χ0) is 24.8. The fourth-order valence-electron chi connectivity index (χ4n) is 3.50. The summed E-state index contributed by atoms with van der Waals surface area (Å²) >= 11 is 1.25. The van der Waals surface area contributed by atoms with Crippen LogP contribution in [-0.2, 0) is 17.9 Å². The summed E-state index contributed by atoms with van der Waals surface area (Å²) in [7, 11) is 0. The van der Waals surface area contributed by atoms with Crippen LogP contribution < -0.4 is 10.1 Å². The fourth-order valence-corrected chi connectivity index (χ4v) is 4.27. The van der Waals surface area contributed by atoms with Gasteiger partial charge in [-0.05, 0) is 38.1 Å². The zero-order valence-electron chi connectivity index (χ0n) is 19.4. The van der Waals surface area contributed by atoms with Gasteiger partial charge in [-0.1, -0.05) is 48.2 Å². The molecule has 2 aromatic heterocycles. The number of hydrogen-bond acceptors (Lipinski definition) is 6. The average molecular weight is 493 g/mol. The minimum atomic E-state index is -0.449. The third kappa shape index (κ3) is 5.60. The van der Waals surface area contributed by atoms with Crippen molar-refractivity contribution >= 4 is 23.4 Å². The first-order valence-electron chi connectivity index (χ1n) is 10.9. The van der Waals surface area contributed by atoms with Gasteiger partial charge in [0, 0.05) is 6.54 Å². The summed E-state index contributed by atoms with van der Waals surface area (Å²) in [5.74, 6) is 0.127. The summed E-state index contributed by atoms with van der Waals surface area (Å²) < 4.78 is 23.0. The lowest BCUT2D eigenvalue weighted by Gasteiger charge is -2.10. The summed E-state index contributed by atoms with van der Waals surface area (Å²) in [5, 5.41) is 16.4. The van der Waals surface area contributed by atoms with E-state index in [9.17, 15) is 9.18 Å². The Bertz CT molecular complexity index is 1340. The van der Waals surface area contributed by atoms with Crippen LogP contribution in [0.25, 0.3) is 5.69 Å². The molecule has 10 heteroatoms. The highest BCUT2D eigenvalue weighted by molar-refractivity contribution is 7.99. The molecule has 2 aromatic carbocycles. The van der Waals surface area contributed by atoms with E-state index in [2.05, 4.69) is 27.2 Å². The van der Waals surface area contributed by atoms with Gasteiger partial charge in [-0.15, -0.1) is 16.8 Å². The van der Waals surface area contributed by atoms with Crippen LogP contribution in [0.5, 0.6) is 5.75 Å². The van der Waals surface area contributed by atoms with Crippen molar-refractivity contribution in [3.8, 4) is 11.4 Å². The van der Waals surface area contributed by atoms with Crippen molar-refractivity contribution in [2.75, 3.05) is 11.1 Å². The molecule has 180 valence electrons. The number of thioether (sulfide) groups is 1. The highest BCUT2D eigenvalue weighted by Crippen LogP contribution is 2.24. The van der Waals surface area contributed by atoms with E-state index < -0.39 is 5.82 Å². The van der Waals surface area contributed by atoms with Gasteiger partial charge in [0.25, 0.3) is 0 Å². The van der Waals surface area contributed by atoms with E-state index in [1.165, 1.54) is 17.8 Å². The number of aryl methyl sites for hydroxylation is 1. The number of para-hydroxylation sites is 2. The minimum absolute atomic E-state index is 0.0333. The van der Waals surface area contributed by atoms with Crippen LogP contribution in [-0.4, -0.2) is 36.2 Å². The Labute approximate surface area is 206 Å².